The minimum atomic E-state index is -0.413. The van der Waals surface area contributed by atoms with Crippen LogP contribution in [0.25, 0.3) is 5.70 Å². The number of thiocarbonyl (C=S) groups is 1. The molecule has 3 aromatic rings. The Labute approximate surface area is 180 Å². The third-order valence-electron chi connectivity index (χ3n) is 4.86. The first-order valence-electron chi connectivity index (χ1n) is 9.53. The van der Waals surface area contributed by atoms with Gasteiger partial charge < -0.3 is 20.7 Å². The van der Waals surface area contributed by atoms with Crippen LogP contribution in [0.3, 0.4) is 0 Å². The number of methoxy groups -OCH3 is 1. The summed E-state index contributed by atoms with van der Waals surface area (Å²) in [5.41, 5.74) is 3.77. The number of para-hydroxylation sites is 1. The zero-order chi connectivity index (χ0) is 20.9. The van der Waals surface area contributed by atoms with Gasteiger partial charge in [0.1, 0.15) is 5.75 Å². The van der Waals surface area contributed by atoms with Gasteiger partial charge >= 0.3 is 0 Å². The van der Waals surface area contributed by atoms with Crippen LogP contribution >= 0.6 is 12.2 Å². The number of carbonyl (C=O) groups is 1. The highest BCUT2D eigenvalue weighted by molar-refractivity contribution is 7.80. The minimum absolute atomic E-state index is 0.205. The largest absolute Gasteiger partial charge is 0.497 e. The molecule has 1 heterocycles. The molecule has 0 radical (unpaired) electrons. The van der Waals surface area contributed by atoms with E-state index in [1.165, 1.54) is 0 Å². The Morgan fingerprint density at radius 2 is 1.57 bits per heavy atom. The summed E-state index contributed by atoms with van der Waals surface area (Å²) in [6.45, 7) is 0. The van der Waals surface area contributed by atoms with E-state index in [1.54, 1.807) is 7.11 Å². The zero-order valence-electron chi connectivity index (χ0n) is 16.4. The van der Waals surface area contributed by atoms with Crippen molar-refractivity contribution in [2.75, 3.05) is 12.4 Å². The molecule has 150 valence electrons. The van der Waals surface area contributed by atoms with Crippen molar-refractivity contribution in [2.24, 2.45) is 0 Å². The van der Waals surface area contributed by atoms with Crippen molar-refractivity contribution in [1.82, 2.24) is 10.6 Å². The molecule has 3 N–H and O–H groups in total. The van der Waals surface area contributed by atoms with E-state index >= 15 is 0 Å². The first-order valence-corrected chi connectivity index (χ1v) is 9.94. The van der Waals surface area contributed by atoms with Gasteiger partial charge in [-0.15, -0.1) is 0 Å². The third-order valence-corrected chi connectivity index (χ3v) is 5.08. The average molecular weight is 416 g/mol. The molecular weight excluding hydrogens is 394 g/mol. The number of nitrogens with one attached hydrogen (secondary N) is 3. The standard InChI is InChI=1S/C24H21N3O2S/c1-29-19-14-12-17(13-15-19)22-20(23(28)25-18-10-6-3-7-11-18)21(26-24(30)27-22)16-8-4-2-5-9-16/h2-15,22H,1H3,(H,25,28)(H2,26,27,30)/t22-/m1/s1. The molecule has 1 aliphatic rings. The van der Waals surface area contributed by atoms with Crippen molar-refractivity contribution >= 4 is 34.6 Å². The van der Waals surface area contributed by atoms with Crippen molar-refractivity contribution in [3.63, 3.8) is 0 Å². The molecule has 5 nitrogen and oxygen atoms in total. The van der Waals surface area contributed by atoms with Gasteiger partial charge in [-0.05, 0) is 47.6 Å². The molecule has 0 saturated carbocycles. The van der Waals surface area contributed by atoms with Gasteiger partial charge in [-0.2, -0.15) is 0 Å². The Morgan fingerprint density at radius 3 is 2.20 bits per heavy atom. The number of hydrogen-bond acceptors (Lipinski definition) is 3. The van der Waals surface area contributed by atoms with Crippen LogP contribution in [0.15, 0.2) is 90.5 Å². The van der Waals surface area contributed by atoms with Crippen LogP contribution in [0.5, 0.6) is 5.75 Å². The number of carbonyl (C=O) groups excluding carboxylic acids is 1. The molecule has 6 heteroatoms. The fraction of sp³-hybridized carbons (Fsp3) is 0.0833. The van der Waals surface area contributed by atoms with Crippen LogP contribution < -0.4 is 20.7 Å². The molecule has 0 saturated heterocycles. The summed E-state index contributed by atoms with van der Waals surface area (Å²) < 4.78 is 5.27. The van der Waals surface area contributed by atoms with E-state index in [1.807, 2.05) is 84.9 Å². The second kappa shape index (κ2) is 8.80. The van der Waals surface area contributed by atoms with Gasteiger partial charge in [0.25, 0.3) is 5.91 Å². The highest BCUT2D eigenvalue weighted by Crippen LogP contribution is 2.32. The highest BCUT2D eigenvalue weighted by Gasteiger charge is 2.32. The van der Waals surface area contributed by atoms with Gasteiger partial charge in [-0.1, -0.05) is 60.7 Å². The number of hydrogen-bond donors (Lipinski definition) is 3. The summed E-state index contributed by atoms with van der Waals surface area (Å²) in [6.07, 6.45) is 0. The van der Waals surface area contributed by atoms with E-state index in [9.17, 15) is 4.79 Å². The van der Waals surface area contributed by atoms with Crippen LogP contribution in [0.2, 0.25) is 0 Å². The second-order valence-electron chi connectivity index (χ2n) is 6.78. The van der Waals surface area contributed by atoms with Crippen LogP contribution in [0.4, 0.5) is 5.69 Å². The SMILES string of the molecule is COc1ccc([C@H]2NC(=S)NC(c3ccccc3)=C2C(=O)Nc2ccccc2)cc1. The highest BCUT2D eigenvalue weighted by atomic mass is 32.1. The Kier molecular flexibility index (Phi) is 5.77. The van der Waals surface area contributed by atoms with E-state index in [-0.39, 0.29) is 5.91 Å². The molecule has 3 aromatic carbocycles. The van der Waals surface area contributed by atoms with Crippen molar-refractivity contribution < 1.29 is 9.53 Å². The van der Waals surface area contributed by atoms with Gasteiger partial charge in [0.2, 0.25) is 0 Å². The van der Waals surface area contributed by atoms with E-state index in [4.69, 9.17) is 17.0 Å². The molecule has 0 fully saturated rings. The molecule has 30 heavy (non-hydrogen) atoms. The van der Waals surface area contributed by atoms with Gasteiger partial charge in [0.05, 0.1) is 24.4 Å². The number of amides is 1. The lowest BCUT2D eigenvalue weighted by molar-refractivity contribution is -0.113. The molecule has 0 aliphatic carbocycles. The van der Waals surface area contributed by atoms with Crippen molar-refractivity contribution in [1.29, 1.82) is 0 Å². The maximum Gasteiger partial charge on any atom is 0.256 e. The molecule has 0 unspecified atom stereocenters. The smallest absolute Gasteiger partial charge is 0.256 e. The average Bonchev–Trinajstić information content (AvgIpc) is 2.79. The number of rotatable bonds is 5. The van der Waals surface area contributed by atoms with Gasteiger partial charge in [0, 0.05) is 5.69 Å². The molecular formula is C24H21N3O2S. The first-order chi connectivity index (χ1) is 14.7. The molecule has 4 rings (SSSR count). The van der Waals surface area contributed by atoms with Crippen molar-refractivity contribution in [2.45, 2.75) is 6.04 Å². The predicted octanol–water partition coefficient (Wildman–Crippen LogP) is 4.26. The maximum absolute atomic E-state index is 13.4. The van der Waals surface area contributed by atoms with E-state index in [2.05, 4.69) is 16.0 Å². The number of ether oxygens (including phenoxy) is 1. The summed E-state index contributed by atoms with van der Waals surface area (Å²) >= 11 is 5.46. The summed E-state index contributed by atoms with van der Waals surface area (Å²) in [4.78, 5) is 13.4. The van der Waals surface area contributed by atoms with Crippen LogP contribution in [0, 0.1) is 0 Å². The lowest BCUT2D eigenvalue weighted by Gasteiger charge is -2.32. The fourth-order valence-electron chi connectivity index (χ4n) is 3.41. The molecule has 0 spiro atoms. The van der Waals surface area contributed by atoms with Crippen molar-refractivity contribution in [3.8, 4) is 5.75 Å². The van der Waals surface area contributed by atoms with E-state index < -0.39 is 6.04 Å². The molecule has 1 amide bonds. The molecule has 1 atom stereocenters. The Bertz CT molecular complexity index is 1080. The number of benzene rings is 3. The van der Waals surface area contributed by atoms with E-state index in [0.29, 0.717) is 16.4 Å². The minimum Gasteiger partial charge on any atom is -0.497 e. The summed E-state index contributed by atoms with van der Waals surface area (Å²) in [6, 6.07) is 26.3. The Balaban J connectivity index is 1.82. The lowest BCUT2D eigenvalue weighted by atomic mass is 9.92. The Morgan fingerprint density at radius 1 is 0.933 bits per heavy atom. The topological polar surface area (TPSA) is 62.4 Å². The van der Waals surface area contributed by atoms with Gasteiger partial charge in [0.15, 0.2) is 5.11 Å². The Hall–Kier alpha value is -3.64. The van der Waals surface area contributed by atoms with E-state index in [0.717, 1.165) is 22.6 Å². The van der Waals surface area contributed by atoms with Gasteiger partial charge in [-0.3, -0.25) is 4.79 Å². The monoisotopic (exact) mass is 415 g/mol. The quantitative estimate of drug-likeness (QED) is 0.544. The summed E-state index contributed by atoms with van der Waals surface area (Å²) in [5, 5.41) is 9.90. The van der Waals surface area contributed by atoms with Crippen molar-refractivity contribution in [3.05, 3.63) is 102 Å². The number of anilines is 1. The van der Waals surface area contributed by atoms with Gasteiger partial charge in [-0.25, -0.2) is 0 Å². The molecule has 0 bridgehead atoms. The predicted molar refractivity (Wildman–Crippen MR) is 123 cm³/mol. The zero-order valence-corrected chi connectivity index (χ0v) is 17.2. The second-order valence-corrected chi connectivity index (χ2v) is 7.19. The van der Waals surface area contributed by atoms with Crippen LogP contribution in [-0.2, 0) is 4.79 Å². The normalized spacial score (nSPS) is 15.8. The molecule has 0 aromatic heterocycles. The van der Waals surface area contributed by atoms with Crippen LogP contribution in [0.1, 0.15) is 17.2 Å². The molecule has 1 aliphatic heterocycles. The van der Waals surface area contributed by atoms with Crippen LogP contribution in [-0.4, -0.2) is 18.1 Å². The summed E-state index contributed by atoms with van der Waals surface area (Å²) in [5.74, 6) is 0.543. The third kappa shape index (κ3) is 4.18. The maximum atomic E-state index is 13.4. The first kappa shape index (κ1) is 19.7. The summed E-state index contributed by atoms with van der Waals surface area (Å²) in [7, 11) is 1.62. The fourth-order valence-corrected chi connectivity index (χ4v) is 3.63. The lowest BCUT2D eigenvalue weighted by Crippen LogP contribution is -2.45.